The fourth-order valence-corrected chi connectivity index (χ4v) is 12.8. The molecule has 0 aliphatic rings. The van der Waals surface area contributed by atoms with Crippen molar-refractivity contribution in [3.63, 3.8) is 0 Å². The van der Waals surface area contributed by atoms with Crippen molar-refractivity contribution in [3.05, 3.63) is 11.1 Å². The van der Waals surface area contributed by atoms with Crippen LogP contribution in [-0.2, 0) is 23.1 Å². The van der Waals surface area contributed by atoms with Gasteiger partial charge in [-0.1, -0.05) is 88.7 Å². The highest BCUT2D eigenvalue weighted by Crippen LogP contribution is 2.40. The minimum Gasteiger partial charge on any atom is -0.456 e. The first-order chi connectivity index (χ1) is 22.5. The minimum atomic E-state index is -2.30. The van der Waals surface area contributed by atoms with Gasteiger partial charge >= 0.3 is 12.1 Å². The van der Waals surface area contributed by atoms with E-state index in [9.17, 15) is 14.7 Å². The Morgan fingerprint density at radius 3 is 1.57 bits per heavy atom. The Kier molecular flexibility index (Phi) is 20.2. The van der Waals surface area contributed by atoms with Crippen molar-refractivity contribution in [2.24, 2.45) is 17.3 Å². The van der Waals surface area contributed by atoms with Crippen molar-refractivity contribution < 1.29 is 33.0 Å². The van der Waals surface area contributed by atoms with Crippen LogP contribution in [0.5, 0.6) is 0 Å². The summed E-state index contributed by atoms with van der Waals surface area (Å²) >= 11 is 0. The van der Waals surface area contributed by atoms with Crippen LogP contribution in [0.25, 0.3) is 0 Å². The molecule has 1 amide bonds. The van der Waals surface area contributed by atoms with Gasteiger partial charge in [0.15, 0.2) is 22.7 Å². The summed E-state index contributed by atoms with van der Waals surface area (Å²) in [5, 5.41) is 14.9. The van der Waals surface area contributed by atoms with Crippen LogP contribution in [0.2, 0.25) is 36.3 Å². The van der Waals surface area contributed by atoms with E-state index in [1.54, 1.807) is 0 Å². The summed E-state index contributed by atoms with van der Waals surface area (Å²) in [4.78, 5) is 27.2. The molecule has 8 nitrogen and oxygen atoms in total. The third-order valence-corrected chi connectivity index (χ3v) is 20.6. The fourth-order valence-electron chi connectivity index (χ4n) is 6.93. The van der Waals surface area contributed by atoms with E-state index in [-0.39, 0.29) is 17.9 Å². The van der Waals surface area contributed by atoms with E-state index < -0.39 is 64.1 Å². The quantitative estimate of drug-likeness (QED) is 0.0649. The largest absolute Gasteiger partial charge is 0.456 e. The zero-order chi connectivity index (χ0) is 38.5. The average molecular weight is 730 g/mol. The van der Waals surface area contributed by atoms with Crippen molar-refractivity contribution in [1.82, 2.24) is 5.32 Å². The third kappa shape index (κ3) is 14.0. The highest BCUT2D eigenvalue weighted by atomic mass is 28.4. The molecule has 0 saturated heterocycles. The summed E-state index contributed by atoms with van der Waals surface area (Å²) in [6.07, 6.45) is -1.47. The summed E-state index contributed by atoms with van der Waals surface area (Å²) < 4.78 is 25.6. The van der Waals surface area contributed by atoms with E-state index in [1.165, 1.54) is 0 Å². The second-order valence-electron chi connectivity index (χ2n) is 16.4. The average Bonchev–Trinajstić information content (AvgIpc) is 3.03. The number of aliphatic hydroxyl groups is 1. The lowest BCUT2D eigenvalue weighted by atomic mass is 9.72. The second-order valence-corrected chi connectivity index (χ2v) is 25.9. The number of carbonyl (C=O) groups excluding carboxylic acids is 2. The minimum absolute atomic E-state index is 0.0618. The maximum absolute atomic E-state index is 14.2. The number of ether oxygens (including phenoxy) is 2. The number of nitrogens with one attached hydrogen (secondary N) is 1. The Morgan fingerprint density at radius 1 is 0.735 bits per heavy atom. The van der Waals surface area contributed by atoms with Gasteiger partial charge in [-0.3, -0.25) is 0 Å². The number of rotatable bonds is 22. The van der Waals surface area contributed by atoms with Gasteiger partial charge in [-0.25, -0.2) is 9.59 Å². The van der Waals surface area contributed by atoms with Crippen LogP contribution in [0, 0.1) is 17.3 Å². The molecular weight excluding hydrogens is 651 g/mol. The van der Waals surface area contributed by atoms with Crippen LogP contribution in [0.1, 0.15) is 137 Å². The number of carbonyl (C=O) groups is 2. The zero-order valence-electron chi connectivity index (χ0n) is 35.1. The Bertz CT molecular complexity index is 1010. The first kappa shape index (κ1) is 47.8. The summed E-state index contributed by atoms with van der Waals surface area (Å²) in [5.41, 5.74) is 0.715. The smallest absolute Gasteiger partial charge is 0.407 e. The van der Waals surface area contributed by atoms with E-state index in [4.69, 9.17) is 18.3 Å². The normalized spacial score (nSPS) is 17.5. The molecule has 0 aromatic heterocycles. The molecule has 0 rings (SSSR count). The first-order valence-electron chi connectivity index (χ1n) is 19.4. The lowest BCUT2D eigenvalue weighted by molar-refractivity contribution is -0.157. The van der Waals surface area contributed by atoms with Crippen LogP contribution in [0.4, 0.5) is 4.79 Å². The highest BCUT2D eigenvalue weighted by molar-refractivity contribution is 6.74. The first-order valence-corrected chi connectivity index (χ1v) is 24.5. The van der Waals surface area contributed by atoms with E-state index >= 15 is 0 Å². The molecular formula is C39H79NO7Si2. The molecule has 0 aromatic rings. The molecule has 0 saturated carbocycles. The predicted molar refractivity (Wildman–Crippen MR) is 210 cm³/mol. The molecule has 0 aliphatic carbocycles. The van der Waals surface area contributed by atoms with Gasteiger partial charge in [0, 0.05) is 11.3 Å². The summed E-state index contributed by atoms with van der Waals surface area (Å²) in [6.45, 7) is 37.0. The topological polar surface area (TPSA) is 103 Å². The van der Waals surface area contributed by atoms with Gasteiger partial charge in [0.05, 0.1) is 18.2 Å². The molecule has 0 bridgehead atoms. The van der Waals surface area contributed by atoms with Gasteiger partial charge in [-0.2, -0.15) is 0 Å². The third-order valence-electron chi connectivity index (χ3n) is 11.3. The van der Waals surface area contributed by atoms with E-state index in [0.717, 1.165) is 53.8 Å². The van der Waals surface area contributed by atoms with Gasteiger partial charge in [0.1, 0.15) is 11.7 Å². The van der Waals surface area contributed by atoms with Gasteiger partial charge < -0.3 is 28.7 Å². The van der Waals surface area contributed by atoms with Crippen LogP contribution in [0.15, 0.2) is 11.1 Å². The van der Waals surface area contributed by atoms with Crippen molar-refractivity contribution >= 4 is 28.7 Å². The molecule has 49 heavy (non-hydrogen) atoms. The molecule has 0 radical (unpaired) electrons. The van der Waals surface area contributed by atoms with Crippen molar-refractivity contribution in [1.29, 1.82) is 0 Å². The fraction of sp³-hybridized carbons (Fsp3) is 0.897. The molecule has 290 valence electrons. The predicted octanol–water partition coefficient (Wildman–Crippen LogP) is 10.4. The highest BCUT2D eigenvalue weighted by Gasteiger charge is 2.44. The molecule has 0 fully saturated rings. The van der Waals surface area contributed by atoms with E-state index in [1.807, 2.05) is 41.5 Å². The van der Waals surface area contributed by atoms with Gasteiger partial charge in [-0.15, -0.1) is 0 Å². The zero-order valence-corrected chi connectivity index (χ0v) is 37.1. The maximum atomic E-state index is 14.2. The molecule has 10 heteroatoms. The van der Waals surface area contributed by atoms with Gasteiger partial charge in [-0.05, 0) is 102 Å². The lowest BCUT2D eigenvalue weighted by Gasteiger charge is -2.45. The van der Waals surface area contributed by atoms with Crippen molar-refractivity contribution in [2.75, 3.05) is 0 Å². The number of hydrogen-bond donors (Lipinski definition) is 2. The molecule has 2 N–H and O–H groups in total. The standard InChI is InChI=1S/C39H79NO7Si2/c1-19-33(46-48(20-2,21-3)22-4)39(17,18)35(41)30(12)28(10)29(11)31(13)44-36(42)34(47-49(23-5,24-6)25-7)32(26-27(8)9)40-37(43)45-38(14,15)16/h27,30-35,41H,19-26H2,1-18H3,(H,40,43)/b29-28+/t30-,31-,32-,33?,34?,35-/m0/s1. The molecule has 0 spiro atoms. The SMILES string of the molecule is CCC(O[Si](CC)(CC)CC)C(C)(C)[C@@H](O)[C@@H](C)/C(C)=C(\C)[C@H](C)OC(=O)C(O[Si](CC)(CC)CC)[C@H](CC(C)C)NC(=O)OC(C)(C)C. The molecule has 0 heterocycles. The molecule has 2 unspecified atom stereocenters. The molecule has 0 aliphatic heterocycles. The number of aliphatic hydroxyl groups excluding tert-OH is 1. The van der Waals surface area contributed by atoms with Crippen molar-refractivity contribution in [2.45, 2.75) is 210 Å². The Balaban J connectivity index is 6.53. The maximum Gasteiger partial charge on any atom is 0.407 e. The Hall–Kier alpha value is -1.21. The summed E-state index contributed by atoms with van der Waals surface area (Å²) in [7, 11) is -4.18. The summed E-state index contributed by atoms with van der Waals surface area (Å²) in [5.74, 6) is -0.492. The lowest BCUT2D eigenvalue weighted by Crippen LogP contribution is -2.55. The van der Waals surface area contributed by atoms with Gasteiger partial charge in [0.25, 0.3) is 0 Å². The molecule has 0 aromatic carbocycles. The molecule has 6 atom stereocenters. The van der Waals surface area contributed by atoms with E-state index in [2.05, 4.69) is 88.4 Å². The van der Waals surface area contributed by atoms with Crippen LogP contribution in [0.3, 0.4) is 0 Å². The van der Waals surface area contributed by atoms with Gasteiger partial charge in [0.2, 0.25) is 0 Å². The van der Waals surface area contributed by atoms with Crippen LogP contribution < -0.4 is 5.32 Å². The van der Waals surface area contributed by atoms with Crippen LogP contribution >= 0.6 is 0 Å². The van der Waals surface area contributed by atoms with Crippen molar-refractivity contribution in [3.8, 4) is 0 Å². The van der Waals surface area contributed by atoms with Crippen LogP contribution in [-0.4, -0.2) is 69.9 Å². The number of hydrogen-bond acceptors (Lipinski definition) is 7. The number of esters is 1. The second kappa shape index (κ2) is 20.7. The van der Waals surface area contributed by atoms with E-state index in [0.29, 0.717) is 6.42 Å². The monoisotopic (exact) mass is 730 g/mol. The Labute approximate surface area is 304 Å². The number of alkyl carbamates (subject to hydrolysis) is 1. The summed E-state index contributed by atoms with van der Waals surface area (Å²) in [6, 6.07) is 5.13. The number of amides is 1. The Morgan fingerprint density at radius 2 is 1.18 bits per heavy atom.